The zero-order valence-corrected chi connectivity index (χ0v) is 15.4. The first-order valence-electron chi connectivity index (χ1n) is 9.12. The largest absolute Gasteiger partial charge is 0.496 e. The van der Waals surface area contributed by atoms with E-state index in [4.69, 9.17) is 4.74 Å². The number of piperidine rings is 1. The van der Waals surface area contributed by atoms with Gasteiger partial charge in [0.2, 0.25) is 0 Å². The SMILES string of the molecule is COc1ccccc1C(c1ccccc1C(F)(F)F)N1CCCCC1C(=O)O. The van der Waals surface area contributed by atoms with Crippen LogP contribution >= 0.6 is 0 Å². The van der Waals surface area contributed by atoms with Crippen LogP contribution in [0.25, 0.3) is 0 Å². The fourth-order valence-electron chi connectivity index (χ4n) is 3.94. The van der Waals surface area contributed by atoms with Gasteiger partial charge >= 0.3 is 12.1 Å². The minimum atomic E-state index is -4.55. The predicted octanol–water partition coefficient (Wildman–Crippen LogP) is 4.74. The first kappa shape index (κ1) is 20.2. The summed E-state index contributed by atoms with van der Waals surface area (Å²) in [4.78, 5) is 13.5. The Kier molecular flexibility index (Phi) is 5.93. The van der Waals surface area contributed by atoms with E-state index >= 15 is 0 Å². The number of benzene rings is 2. The molecule has 0 spiro atoms. The minimum Gasteiger partial charge on any atom is -0.496 e. The van der Waals surface area contributed by atoms with Crippen molar-refractivity contribution < 1.29 is 27.8 Å². The molecule has 2 aromatic rings. The van der Waals surface area contributed by atoms with Gasteiger partial charge in [0.25, 0.3) is 0 Å². The quantitative estimate of drug-likeness (QED) is 0.797. The summed E-state index contributed by atoms with van der Waals surface area (Å²) in [7, 11) is 1.45. The first-order chi connectivity index (χ1) is 13.3. The highest BCUT2D eigenvalue weighted by Crippen LogP contribution is 2.43. The van der Waals surface area contributed by atoms with Crippen LogP contribution < -0.4 is 4.74 Å². The number of halogens is 3. The lowest BCUT2D eigenvalue weighted by Crippen LogP contribution is -2.47. The number of para-hydroxylation sites is 1. The normalized spacial score (nSPS) is 19.2. The van der Waals surface area contributed by atoms with Crippen molar-refractivity contribution >= 4 is 5.97 Å². The van der Waals surface area contributed by atoms with E-state index in [0.717, 1.165) is 18.9 Å². The Morgan fingerprint density at radius 2 is 1.75 bits per heavy atom. The van der Waals surface area contributed by atoms with Crippen molar-refractivity contribution in [2.45, 2.75) is 37.5 Å². The van der Waals surface area contributed by atoms with Gasteiger partial charge in [-0.25, -0.2) is 0 Å². The maximum absolute atomic E-state index is 13.8. The summed E-state index contributed by atoms with van der Waals surface area (Å²) in [6, 6.07) is 10.5. The number of methoxy groups -OCH3 is 1. The fourth-order valence-corrected chi connectivity index (χ4v) is 3.94. The number of carbonyl (C=O) groups is 1. The second-order valence-corrected chi connectivity index (χ2v) is 6.82. The molecule has 0 bridgehead atoms. The van der Waals surface area contributed by atoms with Crippen LogP contribution in [0.3, 0.4) is 0 Å². The van der Waals surface area contributed by atoms with Crippen LogP contribution in [0, 0.1) is 0 Å². The van der Waals surface area contributed by atoms with Gasteiger partial charge in [0.1, 0.15) is 11.8 Å². The maximum Gasteiger partial charge on any atom is 0.416 e. The lowest BCUT2D eigenvalue weighted by atomic mass is 9.88. The molecular weight excluding hydrogens is 371 g/mol. The Morgan fingerprint density at radius 3 is 2.39 bits per heavy atom. The standard InChI is InChI=1S/C21H22F3NO3/c1-28-18-12-5-3-9-15(18)19(25-13-7-6-11-17(25)20(26)27)14-8-2-4-10-16(14)21(22,23)24/h2-5,8-10,12,17,19H,6-7,11,13H2,1H3,(H,26,27). The average molecular weight is 393 g/mol. The van der Waals surface area contributed by atoms with E-state index in [-0.39, 0.29) is 5.56 Å². The summed E-state index contributed by atoms with van der Waals surface area (Å²) in [6.45, 7) is 0.395. The van der Waals surface area contributed by atoms with Gasteiger partial charge in [0, 0.05) is 5.56 Å². The van der Waals surface area contributed by atoms with Gasteiger partial charge in [-0.15, -0.1) is 0 Å². The van der Waals surface area contributed by atoms with E-state index in [9.17, 15) is 23.1 Å². The van der Waals surface area contributed by atoms with Crippen LogP contribution in [0.1, 0.15) is 42.0 Å². The molecule has 0 amide bonds. The molecule has 150 valence electrons. The van der Waals surface area contributed by atoms with Gasteiger partial charge in [-0.05, 0) is 37.1 Å². The molecule has 1 heterocycles. The molecule has 2 atom stereocenters. The van der Waals surface area contributed by atoms with Crippen molar-refractivity contribution in [1.29, 1.82) is 0 Å². The van der Waals surface area contributed by atoms with E-state index in [1.165, 1.54) is 19.2 Å². The number of hydrogen-bond acceptors (Lipinski definition) is 3. The lowest BCUT2D eigenvalue weighted by molar-refractivity contribution is -0.145. The molecule has 0 saturated carbocycles. The monoisotopic (exact) mass is 393 g/mol. The molecule has 2 unspecified atom stereocenters. The van der Waals surface area contributed by atoms with E-state index in [1.54, 1.807) is 35.2 Å². The zero-order valence-electron chi connectivity index (χ0n) is 15.4. The molecule has 1 fully saturated rings. The van der Waals surface area contributed by atoms with Crippen molar-refractivity contribution in [2.24, 2.45) is 0 Å². The summed E-state index contributed by atoms with van der Waals surface area (Å²) in [5.41, 5.74) is -0.205. The van der Waals surface area contributed by atoms with Gasteiger partial charge in [0.05, 0.1) is 18.7 Å². The molecule has 1 saturated heterocycles. The average Bonchev–Trinajstić information content (AvgIpc) is 2.68. The van der Waals surface area contributed by atoms with Gasteiger partial charge in [-0.3, -0.25) is 9.69 Å². The molecule has 4 nitrogen and oxygen atoms in total. The molecule has 0 aliphatic carbocycles. The number of carboxylic acid groups (broad SMARTS) is 1. The smallest absolute Gasteiger partial charge is 0.416 e. The van der Waals surface area contributed by atoms with E-state index in [2.05, 4.69) is 0 Å². The number of alkyl halides is 3. The summed E-state index contributed by atoms with van der Waals surface area (Å²) >= 11 is 0. The second-order valence-electron chi connectivity index (χ2n) is 6.82. The molecule has 3 rings (SSSR count). The maximum atomic E-state index is 13.8. The fraction of sp³-hybridized carbons (Fsp3) is 0.381. The number of nitrogens with zero attached hydrogens (tertiary/aromatic N) is 1. The first-order valence-corrected chi connectivity index (χ1v) is 9.12. The van der Waals surface area contributed by atoms with E-state index in [1.807, 2.05) is 0 Å². The van der Waals surface area contributed by atoms with Crippen molar-refractivity contribution in [3.05, 3.63) is 65.2 Å². The summed E-state index contributed by atoms with van der Waals surface area (Å²) in [5.74, 6) is -0.594. The Hall–Kier alpha value is -2.54. The molecule has 0 radical (unpaired) electrons. The molecular formula is C21H22F3NO3. The molecule has 0 aromatic heterocycles. The van der Waals surface area contributed by atoms with Crippen LogP contribution in [0.15, 0.2) is 48.5 Å². The van der Waals surface area contributed by atoms with Crippen molar-refractivity contribution in [3.63, 3.8) is 0 Å². The van der Waals surface area contributed by atoms with Crippen LogP contribution in [0.2, 0.25) is 0 Å². The van der Waals surface area contributed by atoms with Gasteiger partial charge in [-0.1, -0.05) is 42.8 Å². The summed E-state index contributed by atoms with van der Waals surface area (Å²) in [6.07, 6.45) is -2.70. The Bertz CT molecular complexity index is 838. The van der Waals surface area contributed by atoms with E-state index < -0.39 is 29.8 Å². The predicted molar refractivity (Wildman–Crippen MR) is 98.3 cm³/mol. The molecule has 2 aromatic carbocycles. The van der Waals surface area contributed by atoms with Crippen molar-refractivity contribution in [2.75, 3.05) is 13.7 Å². The number of hydrogen-bond donors (Lipinski definition) is 1. The van der Waals surface area contributed by atoms with Crippen LogP contribution in [-0.4, -0.2) is 35.7 Å². The van der Waals surface area contributed by atoms with Gasteiger partial charge in [-0.2, -0.15) is 13.2 Å². The van der Waals surface area contributed by atoms with E-state index in [0.29, 0.717) is 24.3 Å². The molecule has 1 aliphatic rings. The molecule has 1 aliphatic heterocycles. The van der Waals surface area contributed by atoms with Crippen molar-refractivity contribution in [3.8, 4) is 5.75 Å². The summed E-state index contributed by atoms with van der Waals surface area (Å²) < 4.78 is 46.7. The van der Waals surface area contributed by atoms with Crippen LogP contribution in [0.5, 0.6) is 5.75 Å². The molecule has 7 heteroatoms. The second kappa shape index (κ2) is 8.22. The number of ether oxygens (including phenoxy) is 1. The van der Waals surface area contributed by atoms with Gasteiger partial charge in [0.15, 0.2) is 0 Å². The third-order valence-corrected chi connectivity index (χ3v) is 5.16. The zero-order chi connectivity index (χ0) is 20.3. The topological polar surface area (TPSA) is 49.8 Å². The highest BCUT2D eigenvalue weighted by Gasteiger charge is 2.41. The lowest BCUT2D eigenvalue weighted by Gasteiger charge is -2.40. The van der Waals surface area contributed by atoms with Crippen molar-refractivity contribution in [1.82, 2.24) is 4.90 Å². The summed E-state index contributed by atoms with van der Waals surface area (Å²) in [5, 5.41) is 9.71. The third-order valence-electron chi connectivity index (χ3n) is 5.16. The number of carboxylic acids is 1. The number of aliphatic carboxylic acids is 1. The third kappa shape index (κ3) is 3.99. The number of likely N-dealkylation sites (tertiary alicyclic amines) is 1. The van der Waals surface area contributed by atoms with Gasteiger partial charge < -0.3 is 9.84 Å². The van der Waals surface area contributed by atoms with Crippen LogP contribution in [0.4, 0.5) is 13.2 Å². The highest BCUT2D eigenvalue weighted by molar-refractivity contribution is 5.74. The Labute approximate surface area is 161 Å². The number of rotatable bonds is 5. The Balaban J connectivity index is 2.23. The van der Waals surface area contributed by atoms with Crippen LogP contribution in [-0.2, 0) is 11.0 Å². The Morgan fingerprint density at radius 1 is 1.11 bits per heavy atom. The minimum absolute atomic E-state index is 0.0349. The highest BCUT2D eigenvalue weighted by atomic mass is 19.4. The molecule has 28 heavy (non-hydrogen) atoms. The molecule has 1 N–H and O–H groups in total.